The Morgan fingerprint density at radius 1 is 1.12 bits per heavy atom. The second-order valence-corrected chi connectivity index (χ2v) is 5.31. The fraction of sp³-hybridized carbons (Fsp3) is 0.0526. The molecule has 0 saturated carbocycles. The van der Waals surface area contributed by atoms with E-state index in [1.54, 1.807) is 36.4 Å². The Bertz CT molecular complexity index is 967. The first-order valence-corrected chi connectivity index (χ1v) is 7.51. The molecule has 3 aromatic rings. The van der Waals surface area contributed by atoms with E-state index >= 15 is 0 Å². The quantitative estimate of drug-likeness (QED) is 0.504. The SMILES string of the molecule is COc1cc(C=NNC(=O)c2ccc3ccccc3c2O)ccc1O. The Morgan fingerprint density at radius 2 is 1.92 bits per heavy atom. The molecule has 0 atom stereocenters. The first-order chi connectivity index (χ1) is 12.1. The first kappa shape index (κ1) is 16.3. The predicted octanol–water partition coefficient (Wildman–Crippen LogP) is 3.02. The molecule has 0 aromatic heterocycles. The van der Waals surface area contributed by atoms with Crippen molar-refractivity contribution >= 4 is 22.9 Å². The summed E-state index contributed by atoms with van der Waals surface area (Å²) >= 11 is 0. The van der Waals surface area contributed by atoms with Crippen LogP contribution >= 0.6 is 0 Å². The molecule has 0 spiro atoms. The highest BCUT2D eigenvalue weighted by molar-refractivity contribution is 6.03. The Balaban J connectivity index is 1.78. The van der Waals surface area contributed by atoms with Gasteiger partial charge in [-0.3, -0.25) is 4.79 Å². The molecule has 0 bridgehead atoms. The molecular formula is C19H16N2O4. The van der Waals surface area contributed by atoms with Crippen LogP contribution in [0.15, 0.2) is 59.7 Å². The molecule has 126 valence electrons. The van der Waals surface area contributed by atoms with Crippen LogP contribution in [-0.4, -0.2) is 29.4 Å². The van der Waals surface area contributed by atoms with E-state index in [1.165, 1.54) is 19.4 Å². The average molecular weight is 336 g/mol. The number of phenols is 2. The molecule has 6 nitrogen and oxygen atoms in total. The molecule has 0 heterocycles. The molecule has 0 unspecified atom stereocenters. The number of phenolic OH excluding ortho intramolecular Hbond substituents is 2. The number of fused-ring (bicyclic) bond motifs is 1. The monoisotopic (exact) mass is 336 g/mol. The number of methoxy groups -OCH3 is 1. The zero-order valence-electron chi connectivity index (χ0n) is 13.4. The summed E-state index contributed by atoms with van der Waals surface area (Å²) in [5, 5.41) is 25.1. The number of ether oxygens (including phenoxy) is 1. The van der Waals surface area contributed by atoms with Gasteiger partial charge in [0.25, 0.3) is 5.91 Å². The fourth-order valence-corrected chi connectivity index (χ4v) is 2.44. The van der Waals surface area contributed by atoms with Crippen molar-refractivity contribution < 1.29 is 19.7 Å². The van der Waals surface area contributed by atoms with E-state index in [1.807, 2.05) is 12.1 Å². The summed E-state index contributed by atoms with van der Waals surface area (Å²) in [5.74, 6) is -0.283. The van der Waals surface area contributed by atoms with Crippen molar-refractivity contribution in [1.82, 2.24) is 5.43 Å². The third-order valence-electron chi connectivity index (χ3n) is 3.73. The minimum absolute atomic E-state index is 0.0183. The van der Waals surface area contributed by atoms with Crippen LogP contribution in [0.25, 0.3) is 10.8 Å². The van der Waals surface area contributed by atoms with Crippen LogP contribution in [-0.2, 0) is 0 Å². The van der Waals surface area contributed by atoms with Gasteiger partial charge in [0, 0.05) is 5.39 Å². The van der Waals surface area contributed by atoms with Crippen LogP contribution in [0.3, 0.4) is 0 Å². The number of rotatable bonds is 4. The highest BCUT2D eigenvalue weighted by Crippen LogP contribution is 2.28. The number of aromatic hydroxyl groups is 2. The number of hydrogen-bond acceptors (Lipinski definition) is 5. The van der Waals surface area contributed by atoms with E-state index in [4.69, 9.17) is 4.74 Å². The molecule has 0 aliphatic heterocycles. The normalized spacial score (nSPS) is 10.9. The minimum Gasteiger partial charge on any atom is -0.506 e. The lowest BCUT2D eigenvalue weighted by molar-refractivity contribution is 0.0952. The predicted molar refractivity (Wildman–Crippen MR) is 95.3 cm³/mol. The van der Waals surface area contributed by atoms with Crippen molar-refractivity contribution in [2.45, 2.75) is 0 Å². The lowest BCUT2D eigenvalue weighted by Gasteiger charge is -2.06. The van der Waals surface area contributed by atoms with Gasteiger partial charge in [-0.15, -0.1) is 0 Å². The summed E-state index contributed by atoms with van der Waals surface area (Å²) in [6, 6.07) is 15.2. The summed E-state index contributed by atoms with van der Waals surface area (Å²) in [7, 11) is 1.44. The highest BCUT2D eigenvalue weighted by Gasteiger charge is 2.13. The maximum atomic E-state index is 12.2. The maximum Gasteiger partial charge on any atom is 0.275 e. The third-order valence-corrected chi connectivity index (χ3v) is 3.73. The second kappa shape index (κ2) is 6.92. The van der Waals surface area contributed by atoms with Gasteiger partial charge in [-0.25, -0.2) is 5.43 Å². The largest absolute Gasteiger partial charge is 0.506 e. The molecule has 0 aliphatic carbocycles. The average Bonchev–Trinajstić information content (AvgIpc) is 2.63. The molecule has 0 fully saturated rings. The van der Waals surface area contributed by atoms with E-state index < -0.39 is 5.91 Å². The smallest absolute Gasteiger partial charge is 0.275 e. The molecule has 0 saturated heterocycles. The van der Waals surface area contributed by atoms with E-state index in [9.17, 15) is 15.0 Å². The highest BCUT2D eigenvalue weighted by atomic mass is 16.5. The van der Waals surface area contributed by atoms with E-state index in [2.05, 4.69) is 10.5 Å². The van der Waals surface area contributed by atoms with Gasteiger partial charge in [-0.05, 0) is 35.2 Å². The van der Waals surface area contributed by atoms with Crippen LogP contribution in [0.1, 0.15) is 15.9 Å². The first-order valence-electron chi connectivity index (χ1n) is 7.51. The van der Waals surface area contributed by atoms with Crippen molar-refractivity contribution in [2.75, 3.05) is 7.11 Å². The van der Waals surface area contributed by atoms with Crippen LogP contribution < -0.4 is 10.2 Å². The molecule has 1 amide bonds. The number of hydrogen-bond donors (Lipinski definition) is 3. The number of carbonyl (C=O) groups is 1. The fourth-order valence-electron chi connectivity index (χ4n) is 2.44. The summed E-state index contributed by atoms with van der Waals surface area (Å²) in [5.41, 5.74) is 3.15. The summed E-state index contributed by atoms with van der Waals surface area (Å²) in [4.78, 5) is 12.2. The standard InChI is InChI=1S/C19H16N2O4/c1-25-17-10-12(6-9-16(17)22)11-20-21-19(24)15-8-7-13-4-2-3-5-14(13)18(15)23/h2-11,22-23H,1H3,(H,21,24). The lowest BCUT2D eigenvalue weighted by atomic mass is 10.1. The summed E-state index contributed by atoms with van der Waals surface area (Å²) in [6.45, 7) is 0. The number of amides is 1. The van der Waals surface area contributed by atoms with Gasteiger partial charge in [-0.1, -0.05) is 30.3 Å². The summed E-state index contributed by atoms with van der Waals surface area (Å²) in [6.07, 6.45) is 1.41. The Hall–Kier alpha value is -3.54. The van der Waals surface area contributed by atoms with Crippen molar-refractivity contribution in [3.63, 3.8) is 0 Å². The Labute approximate surface area is 144 Å². The molecular weight excluding hydrogens is 320 g/mol. The van der Waals surface area contributed by atoms with Crippen molar-refractivity contribution in [1.29, 1.82) is 0 Å². The van der Waals surface area contributed by atoms with Gasteiger partial charge >= 0.3 is 0 Å². The number of benzene rings is 3. The molecule has 25 heavy (non-hydrogen) atoms. The van der Waals surface area contributed by atoms with Gasteiger partial charge in [-0.2, -0.15) is 5.10 Å². The molecule has 6 heteroatoms. The molecule has 0 aliphatic rings. The van der Waals surface area contributed by atoms with Crippen LogP contribution in [0.4, 0.5) is 0 Å². The topological polar surface area (TPSA) is 91.2 Å². The minimum atomic E-state index is -0.523. The van der Waals surface area contributed by atoms with Crippen LogP contribution in [0, 0.1) is 0 Å². The van der Waals surface area contributed by atoms with Crippen molar-refractivity contribution in [3.05, 3.63) is 65.7 Å². The van der Waals surface area contributed by atoms with E-state index in [0.717, 1.165) is 5.39 Å². The van der Waals surface area contributed by atoms with Gasteiger partial charge in [0.2, 0.25) is 0 Å². The third kappa shape index (κ3) is 3.37. The van der Waals surface area contributed by atoms with E-state index in [-0.39, 0.29) is 17.1 Å². The van der Waals surface area contributed by atoms with Gasteiger partial charge in [0.1, 0.15) is 5.75 Å². The van der Waals surface area contributed by atoms with Crippen molar-refractivity contribution in [3.8, 4) is 17.2 Å². The maximum absolute atomic E-state index is 12.2. The van der Waals surface area contributed by atoms with Gasteiger partial charge in [0.15, 0.2) is 11.5 Å². The molecule has 0 radical (unpaired) electrons. The van der Waals surface area contributed by atoms with Crippen LogP contribution in [0.5, 0.6) is 17.2 Å². The molecule has 3 aromatic carbocycles. The number of nitrogens with zero attached hydrogens (tertiary/aromatic N) is 1. The van der Waals surface area contributed by atoms with E-state index in [0.29, 0.717) is 16.7 Å². The molecule has 3 N–H and O–H groups in total. The van der Waals surface area contributed by atoms with Gasteiger partial charge in [0.05, 0.1) is 18.9 Å². The zero-order valence-corrected chi connectivity index (χ0v) is 13.4. The van der Waals surface area contributed by atoms with Gasteiger partial charge < -0.3 is 14.9 Å². The summed E-state index contributed by atoms with van der Waals surface area (Å²) < 4.78 is 5.01. The number of nitrogens with one attached hydrogen (secondary N) is 1. The van der Waals surface area contributed by atoms with Crippen LogP contribution in [0.2, 0.25) is 0 Å². The van der Waals surface area contributed by atoms with Crippen molar-refractivity contribution in [2.24, 2.45) is 5.10 Å². The number of hydrazone groups is 1. The zero-order chi connectivity index (χ0) is 17.8. The Kier molecular flexibility index (Phi) is 4.52. The number of carbonyl (C=O) groups excluding carboxylic acids is 1. The lowest BCUT2D eigenvalue weighted by Crippen LogP contribution is -2.17. The molecule has 3 rings (SSSR count). The Morgan fingerprint density at radius 3 is 2.72 bits per heavy atom. The second-order valence-electron chi connectivity index (χ2n) is 5.31.